The van der Waals surface area contributed by atoms with Crippen LogP contribution in [0.3, 0.4) is 0 Å². The van der Waals surface area contributed by atoms with Gasteiger partial charge in [-0.3, -0.25) is 0 Å². The van der Waals surface area contributed by atoms with Crippen molar-refractivity contribution in [3.05, 3.63) is 32.8 Å². The minimum Gasteiger partial charge on any atom is -0.326 e. The van der Waals surface area contributed by atoms with Crippen molar-refractivity contribution in [2.45, 2.75) is 6.54 Å². The van der Waals surface area contributed by atoms with E-state index >= 15 is 0 Å². The van der Waals surface area contributed by atoms with Gasteiger partial charge in [-0.25, -0.2) is 0 Å². The van der Waals surface area contributed by atoms with Crippen molar-refractivity contribution in [2.24, 2.45) is 5.73 Å². The summed E-state index contributed by atoms with van der Waals surface area (Å²) in [7, 11) is 0. The predicted octanol–water partition coefficient (Wildman–Crippen LogP) is 3.53. The number of nitrogens with two attached hydrogens (primary N) is 1. The molecule has 0 aliphatic heterocycles. The Labute approximate surface area is 92.2 Å². The molecule has 1 nitrogen and oxygen atoms in total. The summed E-state index contributed by atoms with van der Waals surface area (Å²) in [6, 6.07) is 3.26. The molecular formula is C7H7Cl4N. The summed E-state index contributed by atoms with van der Waals surface area (Å²) in [6.45, 7) is 0.371. The first-order valence-electron chi connectivity index (χ1n) is 2.98. The summed E-state index contributed by atoms with van der Waals surface area (Å²) in [5, 5.41) is 1.49. The zero-order chi connectivity index (χ0) is 8.43. The lowest BCUT2D eigenvalue weighted by Gasteiger charge is -2.02. The van der Waals surface area contributed by atoms with Crippen LogP contribution >= 0.6 is 47.2 Å². The predicted molar refractivity (Wildman–Crippen MR) is 56.6 cm³/mol. The van der Waals surface area contributed by atoms with Gasteiger partial charge in [-0.05, 0) is 17.7 Å². The summed E-state index contributed by atoms with van der Waals surface area (Å²) in [5.74, 6) is 0. The van der Waals surface area contributed by atoms with Gasteiger partial charge in [-0.2, -0.15) is 0 Å². The normalized spacial score (nSPS) is 9.33. The summed E-state index contributed by atoms with van der Waals surface area (Å²) >= 11 is 17.2. The average molecular weight is 247 g/mol. The van der Waals surface area contributed by atoms with E-state index in [9.17, 15) is 0 Å². The van der Waals surface area contributed by atoms with Gasteiger partial charge < -0.3 is 5.73 Å². The second-order valence-corrected chi connectivity index (χ2v) is 3.28. The van der Waals surface area contributed by atoms with Crippen molar-refractivity contribution >= 4 is 47.2 Å². The fraction of sp³-hybridized carbons (Fsp3) is 0.143. The van der Waals surface area contributed by atoms with Crippen LogP contribution in [0, 0.1) is 0 Å². The van der Waals surface area contributed by atoms with Crippen LogP contribution in [-0.4, -0.2) is 0 Å². The third kappa shape index (κ3) is 2.68. The molecule has 0 aliphatic carbocycles. The third-order valence-corrected chi connectivity index (χ3v) is 2.38. The molecule has 0 aromatic heterocycles. The van der Waals surface area contributed by atoms with Crippen molar-refractivity contribution in [3.8, 4) is 0 Å². The van der Waals surface area contributed by atoms with Gasteiger partial charge in [0.25, 0.3) is 0 Å². The van der Waals surface area contributed by atoms with Crippen LogP contribution in [0.2, 0.25) is 15.1 Å². The molecule has 0 atom stereocenters. The first-order chi connectivity index (χ1) is 5.15. The lowest BCUT2D eigenvalue weighted by atomic mass is 10.2. The molecule has 0 spiro atoms. The van der Waals surface area contributed by atoms with Gasteiger partial charge in [0, 0.05) is 11.6 Å². The van der Waals surface area contributed by atoms with E-state index < -0.39 is 0 Å². The Morgan fingerprint density at radius 1 is 1.00 bits per heavy atom. The van der Waals surface area contributed by atoms with E-state index in [1.807, 2.05) is 0 Å². The Bertz CT molecular complexity index is 274. The monoisotopic (exact) mass is 245 g/mol. The molecule has 2 N–H and O–H groups in total. The Morgan fingerprint density at radius 3 is 2.00 bits per heavy atom. The number of benzene rings is 1. The molecule has 0 heterocycles. The molecule has 12 heavy (non-hydrogen) atoms. The largest absolute Gasteiger partial charge is 0.326 e. The molecule has 0 amide bonds. The van der Waals surface area contributed by atoms with Crippen LogP contribution < -0.4 is 5.73 Å². The van der Waals surface area contributed by atoms with Crippen LogP contribution in [0.5, 0.6) is 0 Å². The number of halogens is 4. The Morgan fingerprint density at radius 2 is 1.50 bits per heavy atom. The fourth-order valence-corrected chi connectivity index (χ4v) is 1.37. The van der Waals surface area contributed by atoms with Crippen molar-refractivity contribution in [1.29, 1.82) is 0 Å². The molecule has 1 rings (SSSR count). The van der Waals surface area contributed by atoms with E-state index in [0.29, 0.717) is 21.6 Å². The van der Waals surface area contributed by atoms with Crippen LogP contribution in [0.1, 0.15) is 5.56 Å². The fourth-order valence-electron chi connectivity index (χ4n) is 0.720. The van der Waals surface area contributed by atoms with E-state index in [0.717, 1.165) is 5.56 Å². The minimum atomic E-state index is 0. The maximum absolute atomic E-state index is 5.78. The molecule has 0 radical (unpaired) electrons. The van der Waals surface area contributed by atoms with Crippen LogP contribution in [-0.2, 0) is 6.54 Å². The molecule has 5 heteroatoms. The molecule has 0 aliphatic rings. The number of hydrogen-bond acceptors (Lipinski definition) is 1. The smallest absolute Gasteiger partial charge is 0.0607 e. The second-order valence-electron chi connectivity index (χ2n) is 2.06. The Kier molecular flexibility index (Phi) is 5.30. The van der Waals surface area contributed by atoms with Crippen molar-refractivity contribution < 1.29 is 0 Å². The Hall–Kier alpha value is 0.340. The quantitative estimate of drug-likeness (QED) is 0.754. The summed E-state index contributed by atoms with van der Waals surface area (Å²) < 4.78 is 0. The van der Waals surface area contributed by atoms with Crippen LogP contribution in [0.25, 0.3) is 0 Å². The van der Waals surface area contributed by atoms with Gasteiger partial charge in [0.05, 0.1) is 10.0 Å². The van der Waals surface area contributed by atoms with Gasteiger partial charge in [0.1, 0.15) is 0 Å². The van der Waals surface area contributed by atoms with Gasteiger partial charge >= 0.3 is 0 Å². The van der Waals surface area contributed by atoms with Gasteiger partial charge in [-0.1, -0.05) is 34.8 Å². The summed E-state index contributed by atoms with van der Waals surface area (Å²) in [5.41, 5.74) is 6.19. The molecule has 68 valence electrons. The van der Waals surface area contributed by atoms with Crippen molar-refractivity contribution in [2.75, 3.05) is 0 Å². The molecule has 0 saturated carbocycles. The van der Waals surface area contributed by atoms with Gasteiger partial charge in [-0.15, -0.1) is 12.4 Å². The highest BCUT2D eigenvalue weighted by Gasteiger charge is 2.03. The van der Waals surface area contributed by atoms with Crippen molar-refractivity contribution in [1.82, 2.24) is 0 Å². The second kappa shape index (κ2) is 5.15. The maximum atomic E-state index is 5.78. The lowest BCUT2D eigenvalue weighted by Crippen LogP contribution is -1.96. The number of rotatable bonds is 1. The molecule has 0 unspecified atom stereocenters. The van der Waals surface area contributed by atoms with E-state index in [2.05, 4.69) is 0 Å². The van der Waals surface area contributed by atoms with Crippen LogP contribution in [0.4, 0.5) is 0 Å². The zero-order valence-electron chi connectivity index (χ0n) is 5.98. The SMILES string of the molecule is Cl.NCc1cc(Cl)c(Cl)cc1Cl. The molecule has 1 aromatic carbocycles. The first-order valence-corrected chi connectivity index (χ1v) is 4.12. The lowest BCUT2D eigenvalue weighted by molar-refractivity contribution is 1.07. The van der Waals surface area contributed by atoms with Crippen LogP contribution in [0.15, 0.2) is 12.1 Å². The molecule has 0 saturated heterocycles. The zero-order valence-corrected chi connectivity index (χ0v) is 9.07. The molecule has 0 fully saturated rings. The highest BCUT2D eigenvalue weighted by Crippen LogP contribution is 2.28. The third-order valence-electron chi connectivity index (χ3n) is 1.31. The highest BCUT2D eigenvalue weighted by molar-refractivity contribution is 6.43. The minimum absolute atomic E-state index is 0. The topological polar surface area (TPSA) is 26.0 Å². The van der Waals surface area contributed by atoms with E-state index in [1.165, 1.54) is 0 Å². The standard InChI is InChI=1S/C7H6Cl3N.ClH/c8-5-2-7(10)6(9)1-4(5)3-11;/h1-2H,3,11H2;1H. The number of hydrogen-bond donors (Lipinski definition) is 1. The van der Waals surface area contributed by atoms with E-state index in [-0.39, 0.29) is 12.4 Å². The van der Waals surface area contributed by atoms with Gasteiger partial charge in [0.15, 0.2) is 0 Å². The maximum Gasteiger partial charge on any atom is 0.0607 e. The van der Waals surface area contributed by atoms with E-state index in [1.54, 1.807) is 12.1 Å². The Balaban J connectivity index is 0.00000121. The summed E-state index contributed by atoms with van der Waals surface area (Å²) in [6.07, 6.45) is 0. The highest BCUT2D eigenvalue weighted by atomic mass is 35.5. The van der Waals surface area contributed by atoms with Gasteiger partial charge in [0.2, 0.25) is 0 Å². The van der Waals surface area contributed by atoms with E-state index in [4.69, 9.17) is 40.5 Å². The first kappa shape index (κ1) is 12.3. The molecule has 1 aromatic rings. The molecule has 0 bridgehead atoms. The molecular weight excluding hydrogens is 240 g/mol. The van der Waals surface area contributed by atoms with Crippen molar-refractivity contribution in [3.63, 3.8) is 0 Å². The summed E-state index contributed by atoms with van der Waals surface area (Å²) in [4.78, 5) is 0. The average Bonchev–Trinajstić information content (AvgIpc) is 1.97.